The Morgan fingerprint density at radius 3 is 2.87 bits per heavy atom. The van der Waals surface area contributed by atoms with Crippen molar-refractivity contribution in [3.8, 4) is 0 Å². The van der Waals surface area contributed by atoms with E-state index in [0.29, 0.717) is 19.6 Å². The molecule has 0 aliphatic carbocycles. The molecule has 86 valence electrons. The highest BCUT2D eigenvalue weighted by Crippen LogP contribution is 2.08. The van der Waals surface area contributed by atoms with Gasteiger partial charge in [-0.3, -0.25) is 4.79 Å². The van der Waals surface area contributed by atoms with E-state index in [2.05, 4.69) is 15.3 Å². The van der Waals surface area contributed by atoms with Crippen molar-refractivity contribution in [3.63, 3.8) is 0 Å². The second kappa shape index (κ2) is 7.05. The molecule has 1 unspecified atom stereocenters. The lowest BCUT2D eigenvalue weighted by Gasteiger charge is -2.26. The van der Waals surface area contributed by atoms with Gasteiger partial charge in [0.25, 0.3) is 0 Å². The van der Waals surface area contributed by atoms with Crippen molar-refractivity contribution < 1.29 is 9.53 Å². The van der Waals surface area contributed by atoms with Crippen LogP contribution in [0.3, 0.4) is 0 Å². The molecule has 3 N–H and O–H groups in total. The topological polar surface area (TPSA) is 113 Å². The van der Waals surface area contributed by atoms with Crippen molar-refractivity contribution in [2.45, 2.75) is 18.9 Å². The number of hydrogen-bond donors (Lipinski definition) is 2. The van der Waals surface area contributed by atoms with Crippen LogP contribution in [-0.4, -0.2) is 38.3 Å². The Kier molecular flexibility index (Phi) is 6.44. The van der Waals surface area contributed by atoms with Crippen LogP contribution in [0, 0.1) is 0 Å². The SMILES string of the molecule is COCCC(C)(NCCN=[N+]=[N-])C(N)=O. The number of nitrogens with zero attached hydrogens (tertiary/aromatic N) is 3. The third-order valence-electron chi connectivity index (χ3n) is 2.14. The Labute approximate surface area is 88.6 Å². The van der Waals surface area contributed by atoms with Crippen LogP contribution in [0.4, 0.5) is 0 Å². The summed E-state index contributed by atoms with van der Waals surface area (Å²) in [6.07, 6.45) is 0.481. The number of amides is 1. The Balaban J connectivity index is 4.12. The molecule has 0 fully saturated rings. The van der Waals surface area contributed by atoms with E-state index in [0.717, 1.165) is 0 Å². The summed E-state index contributed by atoms with van der Waals surface area (Å²) >= 11 is 0. The molecule has 0 saturated carbocycles. The number of methoxy groups -OCH3 is 1. The minimum atomic E-state index is -0.818. The van der Waals surface area contributed by atoms with Gasteiger partial charge < -0.3 is 15.8 Å². The molecule has 0 aromatic rings. The lowest BCUT2D eigenvalue weighted by Crippen LogP contribution is -2.54. The Bertz CT molecular complexity index is 251. The molecule has 0 bridgehead atoms. The van der Waals surface area contributed by atoms with E-state index in [-0.39, 0.29) is 6.54 Å². The molecule has 0 heterocycles. The maximum Gasteiger partial charge on any atom is 0.237 e. The molecule has 0 saturated heterocycles. The van der Waals surface area contributed by atoms with Crippen LogP contribution in [0.5, 0.6) is 0 Å². The summed E-state index contributed by atoms with van der Waals surface area (Å²) in [6.45, 7) is 2.83. The van der Waals surface area contributed by atoms with Gasteiger partial charge in [-0.2, -0.15) is 0 Å². The van der Waals surface area contributed by atoms with Crippen molar-refractivity contribution >= 4 is 5.91 Å². The number of carbonyl (C=O) groups excluding carboxylic acids is 1. The Hall–Kier alpha value is -1.30. The molecule has 0 aliphatic rings. The van der Waals surface area contributed by atoms with Crippen molar-refractivity contribution in [2.75, 3.05) is 26.8 Å². The molecule has 0 rings (SSSR count). The number of nitrogens with two attached hydrogens (primary N) is 1. The largest absolute Gasteiger partial charge is 0.385 e. The highest BCUT2D eigenvalue weighted by atomic mass is 16.5. The number of azide groups is 1. The third-order valence-corrected chi connectivity index (χ3v) is 2.14. The van der Waals surface area contributed by atoms with Gasteiger partial charge in [-0.05, 0) is 18.9 Å². The Morgan fingerprint density at radius 2 is 2.40 bits per heavy atom. The molecule has 0 spiro atoms. The molecule has 7 heteroatoms. The van der Waals surface area contributed by atoms with Gasteiger partial charge >= 0.3 is 0 Å². The number of nitrogens with one attached hydrogen (secondary N) is 1. The van der Waals surface area contributed by atoms with E-state index in [9.17, 15) is 4.79 Å². The summed E-state index contributed by atoms with van der Waals surface area (Å²) < 4.78 is 4.89. The molecular formula is C8H17N5O2. The van der Waals surface area contributed by atoms with E-state index in [1.807, 2.05) is 0 Å². The molecule has 1 atom stereocenters. The summed E-state index contributed by atoms with van der Waals surface area (Å²) in [5, 5.41) is 6.29. The summed E-state index contributed by atoms with van der Waals surface area (Å²) in [4.78, 5) is 13.8. The zero-order valence-electron chi connectivity index (χ0n) is 9.06. The van der Waals surface area contributed by atoms with Crippen LogP contribution in [-0.2, 0) is 9.53 Å². The lowest BCUT2D eigenvalue weighted by molar-refractivity contribution is -0.124. The predicted octanol–water partition coefficient (Wildman–Crippen LogP) is 0.167. The van der Waals surface area contributed by atoms with Crippen LogP contribution in [0.15, 0.2) is 5.11 Å². The predicted molar refractivity (Wildman–Crippen MR) is 56.1 cm³/mol. The monoisotopic (exact) mass is 215 g/mol. The third kappa shape index (κ3) is 5.21. The first-order chi connectivity index (χ1) is 7.06. The molecule has 0 aromatic heterocycles. The minimum absolute atomic E-state index is 0.284. The number of primary amides is 1. The van der Waals surface area contributed by atoms with E-state index < -0.39 is 11.4 Å². The van der Waals surface area contributed by atoms with E-state index in [1.54, 1.807) is 14.0 Å². The summed E-state index contributed by atoms with van der Waals surface area (Å²) in [5.74, 6) is -0.444. The van der Waals surface area contributed by atoms with Crippen LogP contribution in [0.2, 0.25) is 0 Å². The van der Waals surface area contributed by atoms with Gasteiger partial charge in [0.05, 0.1) is 5.54 Å². The van der Waals surface area contributed by atoms with Gasteiger partial charge in [-0.1, -0.05) is 5.11 Å². The fourth-order valence-corrected chi connectivity index (χ4v) is 1.03. The first-order valence-corrected chi connectivity index (χ1v) is 4.61. The molecular weight excluding hydrogens is 198 g/mol. The molecule has 0 aromatic carbocycles. The van der Waals surface area contributed by atoms with Crippen LogP contribution in [0.25, 0.3) is 10.4 Å². The van der Waals surface area contributed by atoms with E-state index >= 15 is 0 Å². The quantitative estimate of drug-likeness (QED) is 0.260. The maximum atomic E-state index is 11.2. The minimum Gasteiger partial charge on any atom is -0.385 e. The Morgan fingerprint density at radius 1 is 1.73 bits per heavy atom. The van der Waals surface area contributed by atoms with Gasteiger partial charge in [0.1, 0.15) is 0 Å². The van der Waals surface area contributed by atoms with Crippen molar-refractivity contribution in [1.82, 2.24) is 5.32 Å². The molecule has 7 nitrogen and oxygen atoms in total. The number of hydrogen-bond acceptors (Lipinski definition) is 4. The van der Waals surface area contributed by atoms with Gasteiger partial charge in [0.15, 0.2) is 0 Å². The highest BCUT2D eigenvalue weighted by Gasteiger charge is 2.29. The molecule has 15 heavy (non-hydrogen) atoms. The van der Waals surface area contributed by atoms with Gasteiger partial charge in [-0.25, -0.2) is 0 Å². The van der Waals surface area contributed by atoms with Gasteiger partial charge in [-0.15, -0.1) is 0 Å². The van der Waals surface area contributed by atoms with Crippen LogP contribution >= 0.6 is 0 Å². The van der Waals surface area contributed by atoms with Crippen LogP contribution in [0.1, 0.15) is 13.3 Å². The number of rotatable bonds is 8. The smallest absolute Gasteiger partial charge is 0.237 e. The summed E-state index contributed by atoms with van der Waals surface area (Å²) in [5.41, 5.74) is 12.5. The highest BCUT2D eigenvalue weighted by molar-refractivity contribution is 5.84. The number of ether oxygens (including phenoxy) is 1. The average Bonchev–Trinajstić information content (AvgIpc) is 2.21. The second-order valence-corrected chi connectivity index (χ2v) is 3.32. The average molecular weight is 215 g/mol. The zero-order chi connectivity index (χ0) is 11.7. The van der Waals surface area contributed by atoms with Gasteiger partial charge in [0.2, 0.25) is 5.91 Å². The van der Waals surface area contributed by atoms with E-state index in [1.165, 1.54) is 0 Å². The lowest BCUT2D eigenvalue weighted by atomic mass is 9.97. The van der Waals surface area contributed by atoms with Crippen LogP contribution < -0.4 is 11.1 Å². The zero-order valence-corrected chi connectivity index (χ0v) is 9.06. The fraction of sp³-hybridized carbons (Fsp3) is 0.875. The normalized spacial score (nSPS) is 14.0. The van der Waals surface area contributed by atoms with Crippen molar-refractivity contribution in [2.24, 2.45) is 10.8 Å². The summed E-state index contributed by atoms with van der Waals surface area (Å²) in [6, 6.07) is 0. The molecule has 0 aliphatic heterocycles. The summed E-state index contributed by atoms with van der Waals surface area (Å²) in [7, 11) is 1.56. The second-order valence-electron chi connectivity index (χ2n) is 3.32. The first-order valence-electron chi connectivity index (χ1n) is 4.61. The fourth-order valence-electron chi connectivity index (χ4n) is 1.03. The van der Waals surface area contributed by atoms with Gasteiger partial charge in [0, 0.05) is 31.7 Å². The maximum absolute atomic E-state index is 11.2. The standard InChI is InChI=1S/C8H17N5O2/c1-8(7(9)14,3-6-15-2)11-4-5-12-13-10/h11H,3-6H2,1-2H3,(H2,9,14). The first kappa shape index (κ1) is 13.7. The van der Waals surface area contributed by atoms with Crippen molar-refractivity contribution in [3.05, 3.63) is 10.4 Å². The number of carbonyl (C=O) groups is 1. The molecule has 1 amide bonds. The molecule has 0 radical (unpaired) electrons. The van der Waals surface area contributed by atoms with Crippen molar-refractivity contribution in [1.29, 1.82) is 0 Å². The van der Waals surface area contributed by atoms with E-state index in [4.69, 9.17) is 16.0 Å².